The summed E-state index contributed by atoms with van der Waals surface area (Å²) in [5, 5.41) is 0. The maximum absolute atomic E-state index is 11.7. The number of ether oxygens (including phenoxy) is 3. The lowest BCUT2D eigenvalue weighted by atomic mass is 10.2. The quantitative estimate of drug-likeness (QED) is 0.460. The molecule has 104 valence electrons. The van der Waals surface area contributed by atoms with E-state index in [0.717, 1.165) is 5.56 Å². The van der Waals surface area contributed by atoms with Crippen LogP contribution in [-0.2, 0) is 11.3 Å². The number of halogens is 1. The molecule has 0 N–H and O–H groups in total. The third-order valence-corrected chi connectivity index (χ3v) is 4.69. The third-order valence-electron chi connectivity index (χ3n) is 3.01. The Balaban J connectivity index is 2.17. The van der Waals surface area contributed by atoms with Crippen LogP contribution in [0.4, 0.5) is 4.79 Å². The summed E-state index contributed by atoms with van der Waals surface area (Å²) >= 11 is 2.22. The molecule has 19 heavy (non-hydrogen) atoms. The predicted molar refractivity (Wildman–Crippen MR) is 78.8 cm³/mol. The van der Waals surface area contributed by atoms with Crippen molar-refractivity contribution < 1.29 is 19.0 Å². The Bertz CT molecular complexity index is 480. The minimum Gasteiger partial charge on any atom is -0.493 e. The monoisotopic (exact) mass is 377 g/mol. The Labute approximate surface area is 126 Å². The largest absolute Gasteiger partial charge is 0.493 e. The Morgan fingerprint density at radius 3 is 2.53 bits per heavy atom. The molecule has 0 aliphatic carbocycles. The van der Waals surface area contributed by atoms with E-state index in [9.17, 15) is 4.79 Å². The van der Waals surface area contributed by atoms with Crippen molar-refractivity contribution in [3.8, 4) is 11.5 Å². The van der Waals surface area contributed by atoms with Crippen LogP contribution in [0, 0.1) is 0 Å². The molecule has 2 atom stereocenters. The lowest BCUT2D eigenvalue weighted by Gasteiger charge is -2.18. The molecule has 1 saturated heterocycles. The number of hydrogen-bond acceptors (Lipinski definition) is 4. The molecule has 1 aliphatic heterocycles. The zero-order valence-corrected chi connectivity index (χ0v) is 13.2. The van der Waals surface area contributed by atoms with Gasteiger partial charge in [-0.3, -0.25) is 4.90 Å². The molecule has 0 radical (unpaired) electrons. The Morgan fingerprint density at radius 1 is 1.32 bits per heavy atom. The highest BCUT2D eigenvalue weighted by Gasteiger charge is 2.37. The molecule has 5 nitrogen and oxygen atoms in total. The van der Waals surface area contributed by atoms with E-state index in [1.807, 2.05) is 25.1 Å². The van der Waals surface area contributed by atoms with Crippen molar-refractivity contribution in [3.63, 3.8) is 0 Å². The number of hydrogen-bond donors (Lipinski definition) is 0. The highest BCUT2D eigenvalue weighted by molar-refractivity contribution is 14.1. The predicted octanol–water partition coefficient (Wildman–Crippen LogP) is 2.81. The first-order valence-electron chi connectivity index (χ1n) is 5.89. The summed E-state index contributed by atoms with van der Waals surface area (Å²) in [4.78, 5) is 13.4. The summed E-state index contributed by atoms with van der Waals surface area (Å²) in [5.74, 6) is 1.33. The van der Waals surface area contributed by atoms with Gasteiger partial charge in [-0.2, -0.15) is 0 Å². The SMILES string of the molecule is COc1ccc(CN2C(=O)OC(C)C2I)cc1OC. The van der Waals surface area contributed by atoms with Crippen molar-refractivity contribution >= 4 is 28.7 Å². The summed E-state index contributed by atoms with van der Waals surface area (Å²) in [7, 11) is 3.19. The van der Waals surface area contributed by atoms with E-state index in [1.54, 1.807) is 19.1 Å². The molecule has 1 heterocycles. The normalized spacial score (nSPS) is 22.3. The molecule has 1 aromatic rings. The van der Waals surface area contributed by atoms with Gasteiger partial charge in [-0.25, -0.2) is 4.79 Å². The first-order valence-corrected chi connectivity index (χ1v) is 7.13. The van der Waals surface area contributed by atoms with Gasteiger partial charge in [0.05, 0.1) is 20.8 Å². The molecular weight excluding hydrogens is 361 g/mol. The van der Waals surface area contributed by atoms with Gasteiger partial charge >= 0.3 is 6.09 Å². The number of rotatable bonds is 4. The van der Waals surface area contributed by atoms with Crippen molar-refractivity contribution in [2.24, 2.45) is 0 Å². The second kappa shape index (κ2) is 5.85. The lowest BCUT2D eigenvalue weighted by Crippen LogP contribution is -2.30. The summed E-state index contributed by atoms with van der Waals surface area (Å²) in [6, 6.07) is 5.63. The van der Waals surface area contributed by atoms with Crippen LogP contribution in [0.15, 0.2) is 18.2 Å². The van der Waals surface area contributed by atoms with Crippen LogP contribution in [0.5, 0.6) is 11.5 Å². The maximum Gasteiger partial charge on any atom is 0.411 e. The van der Waals surface area contributed by atoms with Crippen molar-refractivity contribution in [1.29, 1.82) is 0 Å². The zero-order valence-electron chi connectivity index (χ0n) is 11.1. The first-order chi connectivity index (χ1) is 9.06. The summed E-state index contributed by atoms with van der Waals surface area (Å²) in [6.45, 7) is 2.39. The van der Waals surface area contributed by atoms with Crippen LogP contribution >= 0.6 is 22.6 Å². The smallest absolute Gasteiger partial charge is 0.411 e. The number of nitrogens with zero attached hydrogens (tertiary/aromatic N) is 1. The third kappa shape index (κ3) is 2.88. The molecule has 1 aromatic carbocycles. The Kier molecular flexibility index (Phi) is 4.38. The fourth-order valence-electron chi connectivity index (χ4n) is 1.96. The first kappa shape index (κ1) is 14.2. The molecule has 1 fully saturated rings. The molecule has 1 amide bonds. The highest BCUT2D eigenvalue weighted by Crippen LogP contribution is 2.31. The molecule has 0 saturated carbocycles. The van der Waals surface area contributed by atoms with Gasteiger partial charge in [0.1, 0.15) is 10.2 Å². The highest BCUT2D eigenvalue weighted by atomic mass is 127. The van der Waals surface area contributed by atoms with Gasteiger partial charge in [0.2, 0.25) is 0 Å². The molecule has 0 spiro atoms. The van der Waals surface area contributed by atoms with E-state index < -0.39 is 0 Å². The van der Waals surface area contributed by atoms with Crippen LogP contribution in [-0.4, -0.2) is 35.4 Å². The van der Waals surface area contributed by atoms with E-state index in [-0.39, 0.29) is 16.2 Å². The Hall–Kier alpha value is -1.18. The van der Waals surface area contributed by atoms with Gasteiger partial charge in [-0.05, 0) is 24.6 Å². The Morgan fingerprint density at radius 2 is 2.00 bits per heavy atom. The van der Waals surface area contributed by atoms with Gasteiger partial charge in [-0.15, -0.1) is 0 Å². The van der Waals surface area contributed by atoms with Crippen molar-refractivity contribution in [2.45, 2.75) is 23.6 Å². The van der Waals surface area contributed by atoms with Crippen molar-refractivity contribution in [3.05, 3.63) is 23.8 Å². The maximum atomic E-state index is 11.7. The number of carbonyl (C=O) groups is 1. The van der Waals surface area contributed by atoms with Gasteiger partial charge < -0.3 is 14.2 Å². The summed E-state index contributed by atoms with van der Waals surface area (Å²) in [5.41, 5.74) is 0.977. The molecule has 1 aliphatic rings. The second-order valence-electron chi connectivity index (χ2n) is 4.28. The van der Waals surface area contributed by atoms with Crippen LogP contribution in [0.25, 0.3) is 0 Å². The number of amides is 1. The topological polar surface area (TPSA) is 48.0 Å². The van der Waals surface area contributed by atoms with Crippen LogP contribution in [0.2, 0.25) is 0 Å². The molecule has 6 heteroatoms. The van der Waals surface area contributed by atoms with Gasteiger partial charge in [0.25, 0.3) is 0 Å². The fraction of sp³-hybridized carbons (Fsp3) is 0.462. The summed E-state index contributed by atoms with van der Waals surface area (Å²) < 4.78 is 15.7. The van der Waals surface area contributed by atoms with E-state index >= 15 is 0 Å². The number of cyclic esters (lactones) is 1. The molecular formula is C13H16INO4. The molecule has 2 rings (SSSR count). The number of benzene rings is 1. The van der Waals surface area contributed by atoms with Crippen LogP contribution in [0.1, 0.15) is 12.5 Å². The average molecular weight is 377 g/mol. The number of methoxy groups -OCH3 is 2. The van der Waals surface area contributed by atoms with E-state index in [4.69, 9.17) is 14.2 Å². The zero-order chi connectivity index (χ0) is 14.0. The van der Waals surface area contributed by atoms with E-state index in [0.29, 0.717) is 18.0 Å². The molecule has 2 unspecified atom stereocenters. The molecule has 0 bridgehead atoms. The summed E-state index contributed by atoms with van der Waals surface area (Å²) in [6.07, 6.45) is -0.366. The van der Waals surface area contributed by atoms with Crippen LogP contribution in [0.3, 0.4) is 0 Å². The standard InChI is InChI=1S/C13H16INO4/c1-8-12(14)15(13(16)19-8)7-9-4-5-10(17-2)11(6-9)18-3/h4-6,8,12H,7H2,1-3H3. The fourth-order valence-corrected chi connectivity index (χ4v) is 2.54. The van der Waals surface area contributed by atoms with Crippen LogP contribution < -0.4 is 9.47 Å². The number of carbonyl (C=O) groups excluding carboxylic acids is 1. The van der Waals surface area contributed by atoms with Gasteiger partial charge in [-0.1, -0.05) is 28.7 Å². The van der Waals surface area contributed by atoms with Gasteiger partial charge in [0.15, 0.2) is 11.5 Å². The minimum atomic E-state index is -0.276. The van der Waals surface area contributed by atoms with Gasteiger partial charge in [0, 0.05) is 0 Å². The lowest BCUT2D eigenvalue weighted by molar-refractivity contribution is 0.137. The molecule has 0 aromatic heterocycles. The van der Waals surface area contributed by atoms with E-state index in [2.05, 4.69) is 22.6 Å². The minimum absolute atomic E-state index is 0.0400. The second-order valence-corrected chi connectivity index (χ2v) is 5.55. The van der Waals surface area contributed by atoms with Crippen molar-refractivity contribution in [1.82, 2.24) is 4.90 Å². The van der Waals surface area contributed by atoms with Crippen molar-refractivity contribution in [2.75, 3.05) is 14.2 Å². The number of alkyl halides is 1. The van der Waals surface area contributed by atoms with E-state index in [1.165, 1.54) is 0 Å². The average Bonchev–Trinajstić information content (AvgIpc) is 2.65.